The fraction of sp³-hybridized carbons (Fsp3) is 0.188. The van der Waals surface area contributed by atoms with Gasteiger partial charge in [0.1, 0.15) is 0 Å². The number of nitrogens with one attached hydrogen (secondary N) is 2. The summed E-state index contributed by atoms with van der Waals surface area (Å²) < 4.78 is 27.2. The number of anilines is 1. The molecule has 116 valence electrons. The van der Waals surface area contributed by atoms with Crippen molar-refractivity contribution in [2.75, 3.05) is 11.8 Å². The predicted octanol–water partition coefficient (Wildman–Crippen LogP) is 2.46. The fourth-order valence-electron chi connectivity index (χ4n) is 1.93. The maximum absolute atomic E-state index is 12.3. The average molecular weight is 318 g/mol. The molecule has 2 N–H and O–H groups in total. The summed E-state index contributed by atoms with van der Waals surface area (Å²) in [5.74, 6) is -0.219. The molecule has 22 heavy (non-hydrogen) atoms. The molecule has 0 aliphatic rings. The van der Waals surface area contributed by atoms with Gasteiger partial charge >= 0.3 is 0 Å². The van der Waals surface area contributed by atoms with Crippen molar-refractivity contribution in [1.82, 2.24) is 5.32 Å². The molecule has 0 saturated heterocycles. The Morgan fingerprint density at radius 2 is 1.59 bits per heavy atom. The predicted molar refractivity (Wildman–Crippen MR) is 86.6 cm³/mol. The Kier molecular flexibility index (Phi) is 4.51. The van der Waals surface area contributed by atoms with Crippen LogP contribution in [-0.2, 0) is 10.0 Å². The fourth-order valence-corrected chi connectivity index (χ4v) is 3.07. The van der Waals surface area contributed by atoms with Crippen molar-refractivity contribution in [2.45, 2.75) is 18.7 Å². The van der Waals surface area contributed by atoms with Gasteiger partial charge in [-0.05, 0) is 61.4 Å². The molecule has 1 amide bonds. The van der Waals surface area contributed by atoms with E-state index in [1.54, 1.807) is 49.5 Å². The number of carbonyl (C=O) groups excluding carboxylic acids is 1. The lowest BCUT2D eigenvalue weighted by Gasteiger charge is -2.10. The molecule has 5 nitrogen and oxygen atoms in total. The molecular formula is C16H18N2O3S. The Morgan fingerprint density at radius 1 is 0.955 bits per heavy atom. The van der Waals surface area contributed by atoms with Crippen molar-refractivity contribution >= 4 is 21.6 Å². The lowest BCUT2D eigenvalue weighted by Crippen LogP contribution is -2.18. The van der Waals surface area contributed by atoms with Crippen molar-refractivity contribution < 1.29 is 13.2 Å². The van der Waals surface area contributed by atoms with Crippen molar-refractivity contribution in [3.05, 3.63) is 59.2 Å². The molecule has 2 aromatic rings. The molecular weight excluding hydrogens is 300 g/mol. The molecule has 0 unspecified atom stereocenters. The quantitative estimate of drug-likeness (QED) is 0.909. The van der Waals surface area contributed by atoms with Gasteiger partial charge in [0.05, 0.1) is 4.90 Å². The highest BCUT2D eigenvalue weighted by atomic mass is 32.2. The first-order valence-electron chi connectivity index (χ1n) is 6.76. The molecule has 0 fully saturated rings. The number of hydrogen-bond donors (Lipinski definition) is 2. The van der Waals surface area contributed by atoms with Crippen LogP contribution >= 0.6 is 0 Å². The minimum absolute atomic E-state index is 0.214. The summed E-state index contributed by atoms with van der Waals surface area (Å²) in [4.78, 5) is 11.7. The molecule has 0 spiro atoms. The highest BCUT2D eigenvalue weighted by Crippen LogP contribution is 2.19. The molecule has 0 heterocycles. The number of hydrogen-bond acceptors (Lipinski definition) is 3. The minimum atomic E-state index is -3.64. The summed E-state index contributed by atoms with van der Waals surface area (Å²) in [6, 6.07) is 11.2. The van der Waals surface area contributed by atoms with Crippen molar-refractivity contribution in [3.8, 4) is 0 Å². The Labute approximate surface area is 130 Å². The van der Waals surface area contributed by atoms with Gasteiger partial charge in [-0.3, -0.25) is 9.52 Å². The number of carbonyl (C=O) groups is 1. The van der Waals surface area contributed by atoms with Crippen LogP contribution in [-0.4, -0.2) is 21.4 Å². The van der Waals surface area contributed by atoms with Gasteiger partial charge in [-0.2, -0.15) is 0 Å². The van der Waals surface area contributed by atoms with E-state index in [9.17, 15) is 13.2 Å². The van der Waals surface area contributed by atoms with Crippen LogP contribution in [0.1, 0.15) is 21.5 Å². The highest BCUT2D eigenvalue weighted by molar-refractivity contribution is 7.92. The van der Waals surface area contributed by atoms with Crippen LogP contribution < -0.4 is 10.0 Å². The highest BCUT2D eigenvalue weighted by Gasteiger charge is 2.15. The summed E-state index contributed by atoms with van der Waals surface area (Å²) in [7, 11) is -2.10. The first-order valence-corrected chi connectivity index (χ1v) is 8.24. The zero-order valence-electron chi connectivity index (χ0n) is 12.7. The van der Waals surface area contributed by atoms with E-state index in [2.05, 4.69) is 10.0 Å². The maximum atomic E-state index is 12.3. The van der Waals surface area contributed by atoms with Crippen LogP contribution in [0.3, 0.4) is 0 Å². The number of benzene rings is 2. The van der Waals surface area contributed by atoms with E-state index in [0.717, 1.165) is 11.1 Å². The summed E-state index contributed by atoms with van der Waals surface area (Å²) in [6.07, 6.45) is 0. The number of aryl methyl sites for hydroxylation is 2. The molecule has 0 aliphatic heterocycles. The molecule has 6 heteroatoms. The summed E-state index contributed by atoms with van der Waals surface area (Å²) in [5.41, 5.74) is 2.83. The number of amides is 1. The first-order chi connectivity index (χ1) is 10.3. The lowest BCUT2D eigenvalue weighted by molar-refractivity contribution is 0.0963. The van der Waals surface area contributed by atoms with Crippen LogP contribution in [0.4, 0.5) is 5.69 Å². The Bertz CT molecular complexity index is 797. The smallest absolute Gasteiger partial charge is 0.261 e. The molecule has 0 atom stereocenters. The molecule has 0 saturated carbocycles. The largest absolute Gasteiger partial charge is 0.355 e. The van der Waals surface area contributed by atoms with E-state index in [1.807, 2.05) is 13.8 Å². The molecule has 2 aromatic carbocycles. The summed E-state index contributed by atoms with van der Waals surface area (Å²) in [6.45, 7) is 3.79. The maximum Gasteiger partial charge on any atom is 0.261 e. The summed E-state index contributed by atoms with van der Waals surface area (Å²) in [5, 5.41) is 2.51. The van der Waals surface area contributed by atoms with Crippen molar-refractivity contribution in [1.29, 1.82) is 0 Å². The third-order valence-electron chi connectivity index (χ3n) is 3.42. The molecule has 0 aliphatic carbocycles. The number of sulfonamides is 1. The minimum Gasteiger partial charge on any atom is -0.355 e. The van der Waals surface area contributed by atoms with Gasteiger partial charge in [0.2, 0.25) is 0 Å². The molecule has 0 aromatic heterocycles. The third kappa shape index (κ3) is 3.46. The van der Waals surface area contributed by atoms with Gasteiger partial charge in [-0.1, -0.05) is 6.07 Å². The van der Waals surface area contributed by atoms with Gasteiger partial charge in [0.25, 0.3) is 15.9 Å². The monoisotopic (exact) mass is 318 g/mol. The van der Waals surface area contributed by atoms with E-state index in [1.165, 1.54) is 0 Å². The SMILES string of the molecule is CNC(=O)c1ccc(NS(=O)(=O)c2ccc(C)c(C)c2)cc1. The van der Waals surface area contributed by atoms with E-state index >= 15 is 0 Å². The van der Waals surface area contributed by atoms with E-state index < -0.39 is 10.0 Å². The van der Waals surface area contributed by atoms with Gasteiger partial charge in [-0.15, -0.1) is 0 Å². The normalized spacial score (nSPS) is 11.0. The molecule has 0 radical (unpaired) electrons. The second-order valence-electron chi connectivity index (χ2n) is 5.01. The zero-order valence-corrected chi connectivity index (χ0v) is 13.5. The third-order valence-corrected chi connectivity index (χ3v) is 4.79. The first kappa shape index (κ1) is 16.0. The van der Waals surface area contributed by atoms with Crippen LogP contribution in [0.5, 0.6) is 0 Å². The zero-order chi connectivity index (χ0) is 16.3. The summed E-state index contributed by atoms with van der Waals surface area (Å²) >= 11 is 0. The molecule has 2 rings (SSSR count). The van der Waals surface area contributed by atoms with Crippen molar-refractivity contribution in [3.63, 3.8) is 0 Å². The topological polar surface area (TPSA) is 75.3 Å². The van der Waals surface area contributed by atoms with Gasteiger partial charge in [0, 0.05) is 18.3 Å². The average Bonchev–Trinajstić information content (AvgIpc) is 2.49. The second kappa shape index (κ2) is 6.19. The van der Waals surface area contributed by atoms with Gasteiger partial charge < -0.3 is 5.32 Å². The van der Waals surface area contributed by atoms with E-state index in [-0.39, 0.29) is 10.8 Å². The Hall–Kier alpha value is -2.34. The van der Waals surface area contributed by atoms with Crippen LogP contribution in [0.2, 0.25) is 0 Å². The van der Waals surface area contributed by atoms with Gasteiger partial charge in [-0.25, -0.2) is 8.42 Å². The molecule has 0 bridgehead atoms. The Morgan fingerprint density at radius 3 is 2.14 bits per heavy atom. The van der Waals surface area contributed by atoms with Crippen LogP contribution in [0, 0.1) is 13.8 Å². The van der Waals surface area contributed by atoms with E-state index in [0.29, 0.717) is 11.3 Å². The standard InChI is InChI=1S/C16H18N2O3S/c1-11-4-9-15(10-12(11)2)22(20,21)18-14-7-5-13(6-8-14)16(19)17-3/h4-10,18H,1-3H3,(H,17,19). The Balaban J connectivity index is 2.25. The van der Waals surface area contributed by atoms with Crippen LogP contribution in [0.25, 0.3) is 0 Å². The van der Waals surface area contributed by atoms with Crippen LogP contribution in [0.15, 0.2) is 47.4 Å². The number of rotatable bonds is 4. The second-order valence-corrected chi connectivity index (χ2v) is 6.69. The lowest BCUT2D eigenvalue weighted by atomic mass is 10.1. The van der Waals surface area contributed by atoms with E-state index in [4.69, 9.17) is 0 Å². The van der Waals surface area contributed by atoms with Crippen molar-refractivity contribution in [2.24, 2.45) is 0 Å². The van der Waals surface area contributed by atoms with Gasteiger partial charge in [0.15, 0.2) is 0 Å².